The Bertz CT molecular complexity index is 1110. The van der Waals surface area contributed by atoms with Crippen molar-refractivity contribution in [1.29, 1.82) is 0 Å². The van der Waals surface area contributed by atoms with E-state index in [2.05, 4.69) is 62.6 Å². The second kappa shape index (κ2) is 7.31. The number of hydrogen-bond acceptors (Lipinski definition) is 3. The molecule has 1 saturated heterocycles. The van der Waals surface area contributed by atoms with Crippen LogP contribution in [0.25, 0.3) is 34.2 Å². The Labute approximate surface area is 164 Å². The van der Waals surface area contributed by atoms with Crippen molar-refractivity contribution in [3.63, 3.8) is 0 Å². The number of H-pyrrole nitrogens is 1. The molecule has 0 atom stereocenters. The van der Waals surface area contributed by atoms with Gasteiger partial charge in [0, 0.05) is 47.7 Å². The van der Waals surface area contributed by atoms with Crippen molar-refractivity contribution in [1.82, 2.24) is 15.2 Å². The first kappa shape index (κ1) is 16.8. The molecule has 0 spiro atoms. The van der Waals surface area contributed by atoms with Crippen LogP contribution in [0.4, 0.5) is 5.69 Å². The van der Waals surface area contributed by atoms with Crippen LogP contribution in [0, 0.1) is 0 Å². The van der Waals surface area contributed by atoms with Gasteiger partial charge in [0.2, 0.25) is 0 Å². The number of fused-ring (bicyclic) bond motifs is 1. The first-order chi connectivity index (χ1) is 13.9. The Kier molecular flexibility index (Phi) is 4.37. The molecule has 2 aromatic heterocycles. The Balaban J connectivity index is 1.62. The van der Waals surface area contributed by atoms with Gasteiger partial charge in [0.1, 0.15) is 0 Å². The van der Waals surface area contributed by atoms with Crippen molar-refractivity contribution >= 4 is 28.7 Å². The van der Waals surface area contributed by atoms with E-state index in [1.807, 2.05) is 36.7 Å². The number of hydrogen-bond donors (Lipinski definition) is 1. The molecular formula is C24H22N4. The third kappa shape index (κ3) is 3.18. The number of nitrogens with zero attached hydrogens (tertiary/aromatic N) is 3. The van der Waals surface area contributed by atoms with Crippen LogP contribution in [0.5, 0.6) is 0 Å². The lowest BCUT2D eigenvalue weighted by molar-refractivity contribution is 0.949. The van der Waals surface area contributed by atoms with Gasteiger partial charge >= 0.3 is 0 Å². The van der Waals surface area contributed by atoms with Gasteiger partial charge in [-0.3, -0.25) is 10.1 Å². The Hall–Kier alpha value is -3.40. The zero-order chi connectivity index (χ0) is 18.8. The molecule has 4 heteroatoms. The number of pyridine rings is 1. The minimum atomic E-state index is 0.956. The van der Waals surface area contributed by atoms with Crippen LogP contribution in [-0.2, 0) is 0 Å². The van der Waals surface area contributed by atoms with E-state index < -0.39 is 0 Å². The van der Waals surface area contributed by atoms with E-state index in [9.17, 15) is 0 Å². The van der Waals surface area contributed by atoms with Crippen LogP contribution in [0.2, 0.25) is 0 Å². The van der Waals surface area contributed by atoms with Gasteiger partial charge in [-0.2, -0.15) is 5.10 Å². The fourth-order valence-corrected chi connectivity index (χ4v) is 3.91. The Morgan fingerprint density at radius 1 is 0.929 bits per heavy atom. The molecule has 4 aromatic rings. The van der Waals surface area contributed by atoms with Gasteiger partial charge in [0.05, 0.1) is 11.2 Å². The highest BCUT2D eigenvalue weighted by Gasteiger charge is 2.19. The molecule has 4 nitrogen and oxygen atoms in total. The van der Waals surface area contributed by atoms with Crippen molar-refractivity contribution in [2.24, 2.45) is 0 Å². The average molecular weight is 366 g/mol. The summed E-state index contributed by atoms with van der Waals surface area (Å²) in [6.45, 7) is 2.21. The molecule has 0 bridgehead atoms. The molecule has 0 saturated carbocycles. The van der Waals surface area contributed by atoms with Crippen LogP contribution in [0.1, 0.15) is 24.1 Å². The first-order valence-corrected chi connectivity index (χ1v) is 9.79. The van der Waals surface area contributed by atoms with Crippen molar-refractivity contribution in [3.8, 4) is 11.1 Å². The molecule has 3 heterocycles. The summed E-state index contributed by atoms with van der Waals surface area (Å²) in [7, 11) is 0. The number of nitrogens with one attached hydrogen (secondary N) is 1. The number of aromatic nitrogens is 3. The minimum absolute atomic E-state index is 0.956. The zero-order valence-corrected chi connectivity index (χ0v) is 15.7. The van der Waals surface area contributed by atoms with Gasteiger partial charge in [-0.1, -0.05) is 42.5 Å². The van der Waals surface area contributed by atoms with Crippen molar-refractivity contribution < 1.29 is 0 Å². The van der Waals surface area contributed by atoms with Gasteiger partial charge in [-0.05, 0) is 42.7 Å². The van der Waals surface area contributed by atoms with Gasteiger partial charge in [-0.25, -0.2) is 0 Å². The lowest BCUT2D eigenvalue weighted by Crippen LogP contribution is -2.18. The van der Waals surface area contributed by atoms with Gasteiger partial charge in [-0.15, -0.1) is 0 Å². The fraction of sp³-hybridized carbons (Fsp3) is 0.167. The predicted molar refractivity (Wildman–Crippen MR) is 116 cm³/mol. The third-order valence-electron chi connectivity index (χ3n) is 5.36. The van der Waals surface area contributed by atoms with E-state index in [0.717, 1.165) is 35.2 Å². The largest absolute Gasteiger partial charge is 0.371 e. The Morgan fingerprint density at radius 3 is 2.57 bits per heavy atom. The average Bonchev–Trinajstić information content (AvgIpc) is 3.43. The molecule has 138 valence electrons. The number of aromatic amines is 1. The smallest absolute Gasteiger partial charge is 0.0927 e. The first-order valence-electron chi connectivity index (χ1n) is 9.79. The highest BCUT2D eigenvalue weighted by atomic mass is 15.2. The van der Waals surface area contributed by atoms with E-state index in [0.29, 0.717) is 0 Å². The SMILES string of the molecule is C(=C\c1n[nH]c2cc(N3CCCC3)c(-c3cccnc3)cc12)/c1ccccc1. The topological polar surface area (TPSA) is 44.8 Å². The number of benzene rings is 2. The molecule has 0 aliphatic carbocycles. The van der Waals surface area contributed by atoms with Gasteiger partial charge in [0.15, 0.2) is 0 Å². The van der Waals surface area contributed by atoms with Crippen molar-refractivity contribution in [2.75, 3.05) is 18.0 Å². The molecule has 0 radical (unpaired) electrons. The number of anilines is 1. The summed E-state index contributed by atoms with van der Waals surface area (Å²) in [4.78, 5) is 6.81. The predicted octanol–water partition coefficient (Wildman–Crippen LogP) is 5.40. The lowest BCUT2D eigenvalue weighted by Gasteiger charge is -2.21. The molecule has 0 amide bonds. The monoisotopic (exact) mass is 366 g/mol. The van der Waals surface area contributed by atoms with E-state index in [4.69, 9.17) is 0 Å². The highest BCUT2D eigenvalue weighted by molar-refractivity contribution is 5.97. The summed E-state index contributed by atoms with van der Waals surface area (Å²) >= 11 is 0. The summed E-state index contributed by atoms with van der Waals surface area (Å²) in [5.74, 6) is 0. The van der Waals surface area contributed by atoms with E-state index in [1.165, 1.54) is 29.7 Å². The normalized spacial score (nSPS) is 14.4. The van der Waals surface area contributed by atoms with Crippen LogP contribution in [-0.4, -0.2) is 28.3 Å². The third-order valence-corrected chi connectivity index (χ3v) is 5.36. The summed E-state index contributed by atoms with van der Waals surface area (Å²) in [5.41, 5.74) is 6.82. The number of rotatable bonds is 4. The molecule has 5 rings (SSSR count). The molecule has 1 fully saturated rings. The summed E-state index contributed by atoms with van der Waals surface area (Å²) in [6, 6.07) is 18.9. The molecule has 28 heavy (non-hydrogen) atoms. The molecule has 2 aromatic carbocycles. The fourth-order valence-electron chi connectivity index (χ4n) is 3.91. The van der Waals surface area contributed by atoms with Crippen molar-refractivity contribution in [2.45, 2.75) is 12.8 Å². The molecule has 1 aliphatic heterocycles. The molecule has 1 N–H and O–H groups in total. The van der Waals surface area contributed by atoms with Gasteiger partial charge < -0.3 is 4.90 Å². The summed E-state index contributed by atoms with van der Waals surface area (Å²) in [6.07, 6.45) is 10.4. The quantitative estimate of drug-likeness (QED) is 0.526. The molecule has 1 aliphatic rings. The van der Waals surface area contributed by atoms with E-state index >= 15 is 0 Å². The standard InChI is InChI=1S/C24H22N4/c1-2-7-18(8-3-1)10-11-22-21-15-20(19-9-6-12-25-17-19)24(16-23(21)27-26-22)28-13-4-5-14-28/h1-3,6-12,15-17H,4-5,13-14H2,(H,26,27)/b11-10+. The second-order valence-corrected chi connectivity index (χ2v) is 7.20. The zero-order valence-electron chi connectivity index (χ0n) is 15.7. The molecular weight excluding hydrogens is 344 g/mol. The highest BCUT2D eigenvalue weighted by Crippen LogP contribution is 2.36. The maximum absolute atomic E-state index is 4.57. The summed E-state index contributed by atoms with van der Waals surface area (Å²) in [5, 5.41) is 8.92. The Morgan fingerprint density at radius 2 is 1.79 bits per heavy atom. The maximum atomic E-state index is 4.57. The second-order valence-electron chi connectivity index (χ2n) is 7.20. The maximum Gasteiger partial charge on any atom is 0.0927 e. The van der Waals surface area contributed by atoms with E-state index in [1.54, 1.807) is 0 Å². The van der Waals surface area contributed by atoms with Crippen LogP contribution in [0.3, 0.4) is 0 Å². The van der Waals surface area contributed by atoms with Crippen molar-refractivity contribution in [3.05, 3.63) is 78.2 Å². The van der Waals surface area contributed by atoms with Crippen LogP contribution < -0.4 is 4.90 Å². The minimum Gasteiger partial charge on any atom is -0.371 e. The molecule has 0 unspecified atom stereocenters. The van der Waals surface area contributed by atoms with Gasteiger partial charge in [0.25, 0.3) is 0 Å². The lowest BCUT2D eigenvalue weighted by atomic mass is 10.0. The summed E-state index contributed by atoms with van der Waals surface area (Å²) < 4.78 is 0. The van der Waals surface area contributed by atoms with Crippen LogP contribution >= 0.6 is 0 Å². The van der Waals surface area contributed by atoms with Crippen LogP contribution in [0.15, 0.2) is 67.0 Å². The van der Waals surface area contributed by atoms with E-state index in [-0.39, 0.29) is 0 Å².